The van der Waals surface area contributed by atoms with Crippen molar-refractivity contribution in [2.75, 3.05) is 0 Å². The van der Waals surface area contributed by atoms with Crippen LogP contribution in [0.5, 0.6) is 0 Å². The van der Waals surface area contributed by atoms with Crippen molar-refractivity contribution in [3.8, 4) is 0 Å². The second kappa shape index (κ2) is 13.0. The van der Waals surface area contributed by atoms with Crippen LogP contribution in [-0.2, 0) is 0 Å². The standard InChI is InChI=1S/C21H7N9O19/c31-21(18-15(27(42)43)5-9(23(34)35)6-16(18)28(44)45)19-17(29(46)47)7-14(26(40)41)11(20(19)30(48)49)2-1-10-12(24(36)37)3-8(22(32)33)4-13(10)25(38)39/h1-7H/b2-1+. The second-order valence-electron chi connectivity index (χ2n) is 8.79. The highest BCUT2D eigenvalue weighted by Crippen LogP contribution is 2.45. The fourth-order valence-corrected chi connectivity index (χ4v) is 4.23. The molecule has 0 unspecified atom stereocenters. The summed E-state index contributed by atoms with van der Waals surface area (Å²) in [5.74, 6) is -2.30. The number of benzene rings is 3. The third-order valence-electron chi connectivity index (χ3n) is 6.16. The summed E-state index contributed by atoms with van der Waals surface area (Å²) in [5, 5.41) is 105. The number of nitrogens with zero attached hydrogens (tertiary/aromatic N) is 9. The molecule has 3 aromatic rings. The Morgan fingerprint density at radius 3 is 1.02 bits per heavy atom. The molecule has 28 nitrogen and oxygen atoms in total. The van der Waals surface area contributed by atoms with Crippen LogP contribution in [0, 0.1) is 91.0 Å². The van der Waals surface area contributed by atoms with Crippen LogP contribution in [0.2, 0.25) is 0 Å². The molecule has 0 aliphatic rings. The van der Waals surface area contributed by atoms with E-state index in [1.54, 1.807) is 0 Å². The van der Waals surface area contributed by atoms with Crippen molar-refractivity contribution in [1.82, 2.24) is 0 Å². The first-order chi connectivity index (χ1) is 22.7. The summed E-state index contributed by atoms with van der Waals surface area (Å²) >= 11 is 0. The quantitative estimate of drug-likeness (QED) is 0.105. The minimum atomic E-state index is -2.30. The first-order valence-electron chi connectivity index (χ1n) is 11.8. The number of hydrogen-bond acceptors (Lipinski definition) is 19. The van der Waals surface area contributed by atoms with Crippen molar-refractivity contribution in [2.24, 2.45) is 0 Å². The Hall–Kier alpha value is -8.33. The molecule has 0 fully saturated rings. The smallest absolute Gasteiger partial charge is 0.287 e. The summed E-state index contributed by atoms with van der Waals surface area (Å²) < 4.78 is 0. The van der Waals surface area contributed by atoms with Crippen molar-refractivity contribution in [3.05, 3.63) is 144 Å². The Morgan fingerprint density at radius 1 is 0.388 bits per heavy atom. The molecule has 0 aliphatic heterocycles. The molecule has 3 aromatic carbocycles. The topological polar surface area (TPSA) is 405 Å². The molecule has 28 heteroatoms. The zero-order valence-electron chi connectivity index (χ0n) is 22.8. The summed E-state index contributed by atoms with van der Waals surface area (Å²) in [6.45, 7) is 0. The van der Waals surface area contributed by atoms with Gasteiger partial charge in [0, 0.05) is 0 Å². The molecule has 49 heavy (non-hydrogen) atoms. The molecular formula is C21H7N9O19. The monoisotopic (exact) mass is 689 g/mol. The fourth-order valence-electron chi connectivity index (χ4n) is 4.23. The van der Waals surface area contributed by atoms with E-state index >= 15 is 0 Å². The van der Waals surface area contributed by atoms with Gasteiger partial charge in [-0.15, -0.1) is 0 Å². The molecule has 3 rings (SSSR count). The summed E-state index contributed by atoms with van der Waals surface area (Å²) in [6, 6.07) is 0.274. The predicted octanol–water partition coefficient (Wildman–Crippen LogP) is 4.26. The zero-order valence-corrected chi connectivity index (χ0v) is 22.8. The lowest BCUT2D eigenvalue weighted by molar-refractivity contribution is -0.404. The number of carbonyl (C=O) groups excluding carboxylic acids is 1. The summed E-state index contributed by atoms with van der Waals surface area (Å²) in [6.07, 6.45) is 0.350. The van der Waals surface area contributed by atoms with Gasteiger partial charge in [0.25, 0.3) is 45.5 Å². The lowest BCUT2D eigenvalue weighted by Crippen LogP contribution is -2.15. The summed E-state index contributed by atoms with van der Waals surface area (Å²) in [5.41, 5.74) is -20.7. The van der Waals surface area contributed by atoms with Crippen LogP contribution < -0.4 is 0 Å². The fraction of sp³-hybridized carbons (Fsp3) is 0. The molecule has 0 bridgehead atoms. The van der Waals surface area contributed by atoms with Gasteiger partial charge in [0.1, 0.15) is 11.1 Å². The maximum absolute atomic E-state index is 13.7. The number of hydrogen-bond donors (Lipinski definition) is 0. The maximum Gasteiger partial charge on any atom is 0.301 e. The van der Waals surface area contributed by atoms with Gasteiger partial charge < -0.3 is 0 Å². The van der Waals surface area contributed by atoms with Gasteiger partial charge in [-0.25, -0.2) is 0 Å². The van der Waals surface area contributed by atoms with Gasteiger partial charge in [0.15, 0.2) is 11.1 Å². The number of nitro groups is 9. The first kappa shape index (κ1) is 35.2. The van der Waals surface area contributed by atoms with Crippen LogP contribution >= 0.6 is 0 Å². The molecule has 0 atom stereocenters. The van der Waals surface area contributed by atoms with E-state index in [0.29, 0.717) is 0 Å². The van der Waals surface area contributed by atoms with Crippen LogP contribution in [0.1, 0.15) is 27.0 Å². The highest BCUT2D eigenvalue weighted by molar-refractivity contribution is 6.19. The van der Waals surface area contributed by atoms with Gasteiger partial charge >= 0.3 is 5.69 Å². The number of carbonyl (C=O) groups is 1. The second-order valence-corrected chi connectivity index (χ2v) is 8.79. The van der Waals surface area contributed by atoms with Gasteiger partial charge in [-0.1, -0.05) is 0 Å². The molecule has 0 aromatic heterocycles. The van der Waals surface area contributed by atoms with Crippen LogP contribution in [0.4, 0.5) is 51.2 Å². The van der Waals surface area contributed by atoms with E-state index in [1.807, 2.05) is 0 Å². The van der Waals surface area contributed by atoms with Gasteiger partial charge in [-0.2, -0.15) is 0 Å². The minimum absolute atomic E-state index is 0.00302. The molecule has 0 saturated heterocycles. The van der Waals surface area contributed by atoms with Crippen LogP contribution in [0.15, 0.2) is 30.3 Å². The van der Waals surface area contributed by atoms with E-state index in [-0.39, 0.29) is 42.5 Å². The van der Waals surface area contributed by atoms with Crippen molar-refractivity contribution in [2.45, 2.75) is 0 Å². The first-order valence-corrected chi connectivity index (χ1v) is 11.8. The average molecular weight is 689 g/mol. The Bertz CT molecular complexity index is 2090. The maximum atomic E-state index is 13.7. The summed E-state index contributed by atoms with van der Waals surface area (Å²) in [7, 11) is 0. The van der Waals surface area contributed by atoms with Crippen molar-refractivity contribution in [3.63, 3.8) is 0 Å². The average Bonchev–Trinajstić information content (AvgIpc) is 3.00. The van der Waals surface area contributed by atoms with E-state index in [9.17, 15) is 95.8 Å². The molecule has 0 amide bonds. The highest BCUT2D eigenvalue weighted by Gasteiger charge is 2.45. The molecule has 0 spiro atoms. The number of rotatable bonds is 13. The van der Waals surface area contributed by atoms with Gasteiger partial charge in [-0.3, -0.25) is 95.8 Å². The predicted molar refractivity (Wildman–Crippen MR) is 152 cm³/mol. The van der Waals surface area contributed by atoms with E-state index in [1.165, 1.54) is 0 Å². The van der Waals surface area contributed by atoms with Crippen LogP contribution in [-0.4, -0.2) is 50.1 Å². The molecular weight excluding hydrogens is 682 g/mol. The molecule has 0 saturated carbocycles. The van der Waals surface area contributed by atoms with Crippen LogP contribution in [0.3, 0.4) is 0 Å². The molecule has 0 N–H and O–H groups in total. The largest absolute Gasteiger partial charge is 0.301 e. The number of ketones is 1. The Labute approximate surface area is 262 Å². The molecule has 250 valence electrons. The SMILES string of the molecule is O=C(c1c([N+](=O)[O-])cc([N+](=O)[O-])cc1[N+](=O)[O-])c1c([N+](=O)[O-])cc([N+](=O)[O-])c(/C=C/c2c([N+](=O)[O-])cc([N+](=O)[O-])cc2[N+](=O)[O-])c1[N+](=O)[O-]. The van der Waals surface area contributed by atoms with Gasteiger partial charge in [-0.05, 0) is 12.2 Å². The third-order valence-corrected chi connectivity index (χ3v) is 6.16. The lowest BCUT2D eigenvalue weighted by atomic mass is 9.93. The third kappa shape index (κ3) is 6.56. The lowest BCUT2D eigenvalue weighted by Gasteiger charge is -2.09. The van der Waals surface area contributed by atoms with E-state index in [0.717, 1.165) is 0 Å². The van der Waals surface area contributed by atoms with Gasteiger partial charge in [0.2, 0.25) is 5.78 Å². The highest BCUT2D eigenvalue weighted by atomic mass is 16.7. The zero-order chi connectivity index (χ0) is 37.2. The van der Waals surface area contributed by atoms with E-state index in [2.05, 4.69) is 0 Å². The number of non-ortho nitro benzene ring substituents is 2. The Balaban J connectivity index is 2.61. The summed E-state index contributed by atoms with van der Waals surface area (Å²) in [4.78, 5) is 105. The van der Waals surface area contributed by atoms with Crippen molar-refractivity contribution in [1.29, 1.82) is 0 Å². The van der Waals surface area contributed by atoms with Gasteiger partial charge in [0.05, 0.1) is 74.6 Å². The Morgan fingerprint density at radius 2 is 0.694 bits per heavy atom. The molecule has 0 heterocycles. The number of nitro benzene ring substituents is 9. The molecule has 0 aliphatic carbocycles. The Kier molecular flexibility index (Phi) is 9.29. The van der Waals surface area contributed by atoms with Crippen molar-refractivity contribution >= 4 is 69.1 Å². The molecule has 0 radical (unpaired) electrons. The van der Waals surface area contributed by atoms with E-state index in [4.69, 9.17) is 0 Å². The van der Waals surface area contributed by atoms with Crippen LogP contribution in [0.25, 0.3) is 12.2 Å². The van der Waals surface area contributed by atoms with E-state index < -0.39 is 124 Å². The normalized spacial score (nSPS) is 10.7. The minimum Gasteiger partial charge on any atom is -0.287 e. The van der Waals surface area contributed by atoms with Crippen molar-refractivity contribution < 1.29 is 49.1 Å².